The lowest BCUT2D eigenvalue weighted by molar-refractivity contribution is 0.102. The summed E-state index contributed by atoms with van der Waals surface area (Å²) in [4.78, 5) is 26.4. The Morgan fingerprint density at radius 2 is 1.93 bits per heavy atom. The summed E-state index contributed by atoms with van der Waals surface area (Å²) in [6.07, 6.45) is 1.38. The van der Waals surface area contributed by atoms with E-state index in [2.05, 4.69) is 10.3 Å². The number of aromatic nitrogens is 1. The number of hydrogen-bond acceptors (Lipinski definition) is 4. The number of H-pyrrole nitrogens is 1. The molecule has 0 aliphatic carbocycles. The SMILES string of the molecule is O=C(Nc1cc[nH]c(=O)c1)c1ccc(CF)cc1Oc1ccc(F)cc1CO. The molecule has 2 aromatic carbocycles. The van der Waals surface area contributed by atoms with E-state index in [9.17, 15) is 23.5 Å². The molecule has 6 nitrogen and oxygen atoms in total. The van der Waals surface area contributed by atoms with Crippen LogP contribution in [0.3, 0.4) is 0 Å². The molecule has 3 N–H and O–H groups in total. The van der Waals surface area contributed by atoms with Crippen LogP contribution in [-0.4, -0.2) is 16.0 Å². The van der Waals surface area contributed by atoms with Crippen LogP contribution in [0.1, 0.15) is 21.5 Å². The average molecular weight is 386 g/mol. The minimum absolute atomic E-state index is 0.0267. The van der Waals surface area contributed by atoms with Gasteiger partial charge in [-0.1, -0.05) is 6.07 Å². The van der Waals surface area contributed by atoms with Gasteiger partial charge in [0.15, 0.2) is 0 Å². The average Bonchev–Trinajstić information content (AvgIpc) is 2.69. The summed E-state index contributed by atoms with van der Waals surface area (Å²) in [5, 5.41) is 12.0. The molecule has 3 rings (SSSR count). The van der Waals surface area contributed by atoms with Gasteiger partial charge in [0.2, 0.25) is 5.56 Å². The van der Waals surface area contributed by atoms with Crippen molar-refractivity contribution in [3.63, 3.8) is 0 Å². The number of hydrogen-bond donors (Lipinski definition) is 3. The molecule has 0 aliphatic heterocycles. The Morgan fingerprint density at radius 1 is 1.11 bits per heavy atom. The molecule has 144 valence electrons. The van der Waals surface area contributed by atoms with Crippen molar-refractivity contribution in [3.8, 4) is 11.5 Å². The van der Waals surface area contributed by atoms with Crippen molar-refractivity contribution >= 4 is 11.6 Å². The van der Waals surface area contributed by atoms with E-state index in [1.54, 1.807) is 0 Å². The first-order chi connectivity index (χ1) is 13.5. The largest absolute Gasteiger partial charge is 0.456 e. The second kappa shape index (κ2) is 8.45. The Kier molecular flexibility index (Phi) is 5.81. The molecule has 0 bridgehead atoms. The normalized spacial score (nSPS) is 10.5. The molecule has 3 aromatic rings. The number of ether oxygens (including phenoxy) is 1. The Bertz CT molecular complexity index is 1070. The van der Waals surface area contributed by atoms with E-state index < -0.39 is 25.0 Å². The van der Waals surface area contributed by atoms with Crippen molar-refractivity contribution in [3.05, 3.63) is 87.6 Å². The van der Waals surface area contributed by atoms with E-state index in [4.69, 9.17) is 4.74 Å². The zero-order valence-electron chi connectivity index (χ0n) is 14.5. The number of pyridine rings is 1. The number of anilines is 1. The highest BCUT2D eigenvalue weighted by Gasteiger charge is 2.16. The Balaban J connectivity index is 1.96. The van der Waals surface area contributed by atoms with Crippen LogP contribution in [-0.2, 0) is 13.3 Å². The number of aromatic amines is 1. The lowest BCUT2D eigenvalue weighted by Crippen LogP contribution is -2.15. The Morgan fingerprint density at radius 3 is 2.64 bits per heavy atom. The summed E-state index contributed by atoms with van der Waals surface area (Å²) >= 11 is 0. The van der Waals surface area contributed by atoms with Gasteiger partial charge in [-0.2, -0.15) is 0 Å². The first kappa shape index (κ1) is 19.2. The molecule has 0 saturated heterocycles. The number of nitrogens with one attached hydrogen (secondary N) is 2. The fraction of sp³-hybridized carbons (Fsp3) is 0.100. The predicted octanol–water partition coefficient (Wildman–Crippen LogP) is 3.52. The molecule has 0 spiro atoms. The Labute approximate surface area is 158 Å². The maximum Gasteiger partial charge on any atom is 0.259 e. The van der Waals surface area contributed by atoms with Gasteiger partial charge in [0.1, 0.15) is 24.0 Å². The molecule has 0 atom stereocenters. The number of benzene rings is 2. The third-order valence-electron chi connectivity index (χ3n) is 3.89. The van der Waals surface area contributed by atoms with Crippen molar-refractivity contribution in [2.24, 2.45) is 0 Å². The van der Waals surface area contributed by atoms with E-state index >= 15 is 0 Å². The molecule has 0 aliphatic rings. The lowest BCUT2D eigenvalue weighted by atomic mass is 10.1. The summed E-state index contributed by atoms with van der Waals surface area (Å²) in [5.74, 6) is -0.983. The van der Waals surface area contributed by atoms with Crippen molar-refractivity contribution in [1.29, 1.82) is 0 Å². The maximum atomic E-state index is 13.4. The van der Waals surface area contributed by atoms with E-state index in [1.807, 2.05) is 0 Å². The van der Waals surface area contributed by atoms with Gasteiger partial charge < -0.3 is 20.1 Å². The lowest BCUT2D eigenvalue weighted by Gasteiger charge is -2.14. The molecule has 0 radical (unpaired) electrons. The number of aliphatic hydroxyl groups is 1. The van der Waals surface area contributed by atoms with Gasteiger partial charge in [-0.25, -0.2) is 8.78 Å². The molecule has 8 heteroatoms. The highest BCUT2D eigenvalue weighted by Crippen LogP contribution is 2.30. The minimum Gasteiger partial charge on any atom is -0.456 e. The molecule has 0 saturated carbocycles. The minimum atomic E-state index is -0.775. The number of carbonyl (C=O) groups excluding carboxylic acids is 1. The van der Waals surface area contributed by atoms with E-state index in [0.29, 0.717) is 0 Å². The maximum absolute atomic E-state index is 13.4. The van der Waals surface area contributed by atoms with E-state index in [-0.39, 0.29) is 39.4 Å². The first-order valence-electron chi connectivity index (χ1n) is 8.26. The molecule has 1 aromatic heterocycles. The number of alkyl halides is 1. The number of aliphatic hydroxyl groups excluding tert-OH is 1. The van der Waals surface area contributed by atoms with Gasteiger partial charge in [0.05, 0.1) is 12.2 Å². The first-order valence-corrected chi connectivity index (χ1v) is 8.26. The molecule has 1 amide bonds. The molecule has 0 fully saturated rings. The zero-order valence-corrected chi connectivity index (χ0v) is 14.5. The topological polar surface area (TPSA) is 91.4 Å². The van der Waals surface area contributed by atoms with Crippen molar-refractivity contribution in [2.75, 3.05) is 5.32 Å². The second-order valence-electron chi connectivity index (χ2n) is 5.87. The number of carbonyl (C=O) groups is 1. The van der Waals surface area contributed by atoms with Crippen LogP contribution in [0.5, 0.6) is 11.5 Å². The summed E-state index contributed by atoms with van der Waals surface area (Å²) in [7, 11) is 0. The molecule has 0 unspecified atom stereocenters. The van der Waals surface area contributed by atoms with Crippen molar-refractivity contribution < 1.29 is 23.4 Å². The third kappa shape index (κ3) is 4.41. The number of amides is 1. The van der Waals surface area contributed by atoms with E-state index in [1.165, 1.54) is 42.6 Å². The monoisotopic (exact) mass is 386 g/mol. The molecular weight excluding hydrogens is 370 g/mol. The van der Waals surface area contributed by atoms with Gasteiger partial charge in [0, 0.05) is 23.5 Å². The van der Waals surface area contributed by atoms with Crippen LogP contribution < -0.4 is 15.6 Å². The van der Waals surface area contributed by atoms with Crippen LogP contribution in [0.25, 0.3) is 0 Å². The molecule has 28 heavy (non-hydrogen) atoms. The van der Waals surface area contributed by atoms with Gasteiger partial charge in [-0.15, -0.1) is 0 Å². The standard InChI is InChI=1S/C20H16F2N2O4/c21-10-12-1-3-16(20(27)24-15-5-6-23-19(26)9-15)18(7-12)28-17-4-2-14(22)8-13(17)11-25/h1-9,25H,10-11H2,(H2,23,24,26,27). The van der Waals surface area contributed by atoms with Crippen LogP contribution in [0, 0.1) is 5.82 Å². The molecule has 1 heterocycles. The van der Waals surface area contributed by atoms with Gasteiger partial charge in [-0.05, 0) is 42.0 Å². The highest BCUT2D eigenvalue weighted by molar-refractivity contribution is 6.06. The summed E-state index contributed by atoms with van der Waals surface area (Å²) in [6, 6.07) is 10.4. The fourth-order valence-electron chi connectivity index (χ4n) is 2.53. The van der Waals surface area contributed by atoms with Gasteiger partial charge in [-0.3, -0.25) is 9.59 Å². The predicted molar refractivity (Wildman–Crippen MR) is 98.7 cm³/mol. The van der Waals surface area contributed by atoms with Crippen LogP contribution >= 0.6 is 0 Å². The third-order valence-corrected chi connectivity index (χ3v) is 3.89. The summed E-state index contributed by atoms with van der Waals surface area (Å²) in [6.45, 7) is -1.26. The fourth-order valence-corrected chi connectivity index (χ4v) is 2.53. The van der Waals surface area contributed by atoms with Crippen LogP contribution in [0.4, 0.5) is 14.5 Å². The van der Waals surface area contributed by atoms with Gasteiger partial charge >= 0.3 is 0 Å². The van der Waals surface area contributed by atoms with Gasteiger partial charge in [0.25, 0.3) is 5.91 Å². The summed E-state index contributed by atoms with van der Waals surface area (Å²) < 4.78 is 32.1. The van der Waals surface area contributed by atoms with E-state index in [0.717, 1.165) is 12.1 Å². The summed E-state index contributed by atoms with van der Waals surface area (Å²) in [5.41, 5.74) is 0.403. The van der Waals surface area contributed by atoms with Crippen LogP contribution in [0.15, 0.2) is 59.5 Å². The number of halogens is 2. The zero-order chi connectivity index (χ0) is 20.1. The van der Waals surface area contributed by atoms with Crippen LogP contribution in [0.2, 0.25) is 0 Å². The quantitative estimate of drug-likeness (QED) is 0.605. The Hall–Kier alpha value is -3.52. The molecular formula is C20H16F2N2O4. The second-order valence-corrected chi connectivity index (χ2v) is 5.87. The highest BCUT2D eigenvalue weighted by atomic mass is 19.1. The smallest absolute Gasteiger partial charge is 0.259 e. The van der Waals surface area contributed by atoms with Crippen molar-refractivity contribution in [2.45, 2.75) is 13.3 Å². The van der Waals surface area contributed by atoms with Crippen molar-refractivity contribution in [1.82, 2.24) is 4.98 Å². The number of rotatable bonds is 6.